The molecule has 3 N–H and O–H groups in total. The van der Waals surface area contributed by atoms with E-state index in [1.807, 2.05) is 0 Å². The highest BCUT2D eigenvalue weighted by Gasteiger charge is 2.34. The third-order valence-corrected chi connectivity index (χ3v) is 5.64. The molecule has 1 amide bonds. The fraction of sp³-hybridized carbons (Fsp3) is 0. The number of benzene rings is 2. The van der Waals surface area contributed by atoms with E-state index in [-0.39, 0.29) is 21.4 Å². The monoisotopic (exact) mass is 402 g/mol. The first-order valence-corrected chi connectivity index (χ1v) is 9.50. The zero-order chi connectivity index (χ0) is 19.2. The van der Waals surface area contributed by atoms with Gasteiger partial charge in [-0.2, -0.15) is 0 Å². The Labute approximate surface area is 158 Å². The molecule has 1 aliphatic rings. The molecule has 1 aliphatic heterocycles. The lowest BCUT2D eigenvalue weighted by Gasteiger charge is -2.22. The molecule has 0 saturated heterocycles. The van der Waals surface area contributed by atoms with Gasteiger partial charge in [0.1, 0.15) is 22.2 Å². The molecule has 0 bridgehead atoms. The Morgan fingerprint density at radius 3 is 2.70 bits per heavy atom. The standard InChI is InChI=1S/C17H11ClN4O4S/c18-12-7-13(20-8-19-12)21-17(24)14-15(23)11-6-5-9-3-1-2-4-10(9)16(11)27(25,26)22-14/h1-8,22-23H,(H,19,20,21,24). The van der Waals surface area contributed by atoms with Crippen LogP contribution in [0.1, 0.15) is 5.56 Å². The number of carbonyl (C=O) groups excluding carboxylic acids is 1. The predicted octanol–water partition coefficient (Wildman–Crippen LogP) is 2.44. The van der Waals surface area contributed by atoms with Crippen LogP contribution in [-0.4, -0.2) is 29.4 Å². The second-order valence-corrected chi connectivity index (χ2v) is 7.68. The molecule has 2 heterocycles. The second kappa shape index (κ2) is 6.22. The molecule has 136 valence electrons. The van der Waals surface area contributed by atoms with Crippen LogP contribution in [0.3, 0.4) is 0 Å². The van der Waals surface area contributed by atoms with E-state index in [0.29, 0.717) is 10.8 Å². The van der Waals surface area contributed by atoms with Crippen LogP contribution in [0.5, 0.6) is 0 Å². The summed E-state index contributed by atoms with van der Waals surface area (Å²) >= 11 is 5.74. The van der Waals surface area contributed by atoms with Crippen molar-refractivity contribution in [2.75, 3.05) is 5.32 Å². The fourth-order valence-electron chi connectivity index (χ4n) is 2.82. The minimum atomic E-state index is -4.08. The van der Waals surface area contributed by atoms with Crippen LogP contribution in [0.4, 0.5) is 5.82 Å². The summed E-state index contributed by atoms with van der Waals surface area (Å²) in [4.78, 5) is 19.9. The molecule has 0 unspecified atom stereocenters. The number of amides is 1. The minimum Gasteiger partial charge on any atom is -0.505 e. The largest absolute Gasteiger partial charge is 0.505 e. The molecule has 27 heavy (non-hydrogen) atoms. The molecular weight excluding hydrogens is 392 g/mol. The summed E-state index contributed by atoms with van der Waals surface area (Å²) in [6.07, 6.45) is 1.14. The van der Waals surface area contributed by atoms with E-state index in [1.165, 1.54) is 12.1 Å². The third-order valence-electron chi connectivity index (χ3n) is 3.98. The number of hydrogen-bond acceptors (Lipinski definition) is 6. The number of hydrogen-bond donors (Lipinski definition) is 3. The maximum atomic E-state index is 12.8. The van der Waals surface area contributed by atoms with Gasteiger partial charge < -0.3 is 10.4 Å². The van der Waals surface area contributed by atoms with E-state index < -0.39 is 27.4 Å². The lowest BCUT2D eigenvalue weighted by molar-refractivity contribution is -0.113. The van der Waals surface area contributed by atoms with Gasteiger partial charge in [-0.15, -0.1) is 0 Å². The van der Waals surface area contributed by atoms with E-state index in [0.717, 1.165) is 6.33 Å². The van der Waals surface area contributed by atoms with Gasteiger partial charge in [0.2, 0.25) is 0 Å². The van der Waals surface area contributed by atoms with Gasteiger partial charge >= 0.3 is 0 Å². The molecule has 1 aromatic heterocycles. The Morgan fingerprint density at radius 1 is 1.15 bits per heavy atom. The van der Waals surface area contributed by atoms with Gasteiger partial charge in [-0.05, 0) is 11.5 Å². The number of anilines is 1. The lowest BCUT2D eigenvalue weighted by atomic mass is 10.0. The van der Waals surface area contributed by atoms with Gasteiger partial charge in [0.05, 0.1) is 0 Å². The van der Waals surface area contributed by atoms with Crippen LogP contribution in [0.2, 0.25) is 5.15 Å². The fourth-order valence-corrected chi connectivity index (χ4v) is 4.46. The molecule has 0 spiro atoms. The van der Waals surface area contributed by atoms with Gasteiger partial charge in [0.25, 0.3) is 15.9 Å². The average Bonchev–Trinajstić information content (AvgIpc) is 2.64. The average molecular weight is 403 g/mol. The van der Waals surface area contributed by atoms with E-state index in [2.05, 4.69) is 20.0 Å². The van der Waals surface area contributed by atoms with E-state index >= 15 is 0 Å². The summed E-state index contributed by atoms with van der Waals surface area (Å²) in [7, 11) is -4.08. The van der Waals surface area contributed by atoms with Crippen LogP contribution < -0.4 is 10.0 Å². The third kappa shape index (κ3) is 2.96. The van der Waals surface area contributed by atoms with Crippen molar-refractivity contribution >= 4 is 49.9 Å². The number of rotatable bonds is 2. The molecule has 2 aromatic carbocycles. The normalized spacial score (nSPS) is 15.1. The Kier molecular flexibility index (Phi) is 3.97. The zero-order valence-electron chi connectivity index (χ0n) is 13.5. The lowest BCUT2D eigenvalue weighted by Crippen LogP contribution is -2.35. The van der Waals surface area contributed by atoms with Crippen molar-refractivity contribution < 1.29 is 18.3 Å². The number of fused-ring (bicyclic) bond motifs is 3. The van der Waals surface area contributed by atoms with Gasteiger partial charge in [-0.3, -0.25) is 9.52 Å². The zero-order valence-corrected chi connectivity index (χ0v) is 15.0. The highest BCUT2D eigenvalue weighted by atomic mass is 35.5. The molecule has 0 fully saturated rings. The van der Waals surface area contributed by atoms with Crippen LogP contribution in [-0.2, 0) is 14.8 Å². The van der Waals surface area contributed by atoms with Gasteiger partial charge in [0, 0.05) is 17.0 Å². The number of aromatic nitrogens is 2. The van der Waals surface area contributed by atoms with Crippen molar-refractivity contribution in [3.05, 3.63) is 65.2 Å². The number of nitrogens with one attached hydrogen (secondary N) is 2. The minimum absolute atomic E-state index is 0.0401. The van der Waals surface area contributed by atoms with Crippen molar-refractivity contribution in [2.45, 2.75) is 4.90 Å². The number of carbonyl (C=O) groups is 1. The molecule has 10 heteroatoms. The number of aliphatic hydroxyl groups is 1. The van der Waals surface area contributed by atoms with E-state index in [1.54, 1.807) is 30.3 Å². The van der Waals surface area contributed by atoms with Crippen molar-refractivity contribution in [1.82, 2.24) is 14.7 Å². The molecule has 4 rings (SSSR count). The number of halogens is 1. The van der Waals surface area contributed by atoms with Crippen molar-refractivity contribution in [2.24, 2.45) is 0 Å². The summed E-state index contributed by atoms with van der Waals surface area (Å²) < 4.78 is 27.7. The van der Waals surface area contributed by atoms with Crippen molar-refractivity contribution in [1.29, 1.82) is 0 Å². The Balaban J connectivity index is 1.84. The highest BCUT2D eigenvalue weighted by Crippen LogP contribution is 2.35. The quantitative estimate of drug-likeness (QED) is 0.566. The molecule has 0 saturated carbocycles. The summed E-state index contributed by atoms with van der Waals surface area (Å²) in [5, 5.41) is 14.1. The predicted molar refractivity (Wildman–Crippen MR) is 99.5 cm³/mol. The molecule has 3 aromatic rings. The summed E-state index contributed by atoms with van der Waals surface area (Å²) in [5.41, 5.74) is -0.467. The first kappa shape index (κ1) is 17.3. The number of sulfonamides is 1. The molecule has 0 aliphatic carbocycles. The van der Waals surface area contributed by atoms with Gasteiger partial charge in [0.15, 0.2) is 11.5 Å². The Hall–Kier alpha value is -3.17. The molecule has 0 atom stereocenters. The van der Waals surface area contributed by atoms with Crippen LogP contribution in [0, 0.1) is 0 Å². The smallest absolute Gasteiger partial charge is 0.277 e. The summed E-state index contributed by atoms with van der Waals surface area (Å²) in [6.45, 7) is 0. The first-order valence-electron chi connectivity index (χ1n) is 7.64. The van der Waals surface area contributed by atoms with Crippen LogP contribution in [0.25, 0.3) is 16.5 Å². The maximum absolute atomic E-state index is 12.8. The maximum Gasteiger partial charge on any atom is 0.277 e. The van der Waals surface area contributed by atoms with Crippen molar-refractivity contribution in [3.63, 3.8) is 0 Å². The van der Waals surface area contributed by atoms with E-state index in [9.17, 15) is 18.3 Å². The topological polar surface area (TPSA) is 121 Å². The summed E-state index contributed by atoms with van der Waals surface area (Å²) in [5.74, 6) is -1.31. The molecular formula is C17H11ClN4O4S. The van der Waals surface area contributed by atoms with Gasteiger partial charge in [-0.25, -0.2) is 18.4 Å². The Morgan fingerprint density at radius 2 is 1.93 bits per heavy atom. The highest BCUT2D eigenvalue weighted by molar-refractivity contribution is 7.90. The second-order valence-electron chi connectivity index (χ2n) is 5.67. The number of aliphatic hydroxyl groups excluding tert-OH is 1. The molecule has 0 radical (unpaired) electrons. The Bertz CT molecular complexity index is 1240. The number of nitrogens with zero attached hydrogens (tertiary/aromatic N) is 2. The SMILES string of the molecule is O=C(Nc1cc(Cl)ncn1)C1=C(O)c2ccc3ccccc3c2S(=O)(=O)N1. The van der Waals surface area contributed by atoms with Crippen molar-refractivity contribution in [3.8, 4) is 0 Å². The first-order chi connectivity index (χ1) is 12.9. The van der Waals surface area contributed by atoms with Crippen LogP contribution >= 0.6 is 11.6 Å². The molecule has 8 nitrogen and oxygen atoms in total. The van der Waals surface area contributed by atoms with E-state index in [4.69, 9.17) is 11.6 Å². The van der Waals surface area contributed by atoms with Gasteiger partial charge in [-0.1, -0.05) is 41.9 Å². The summed E-state index contributed by atoms with van der Waals surface area (Å²) in [6, 6.07) is 11.3. The van der Waals surface area contributed by atoms with Crippen LogP contribution in [0.15, 0.2) is 59.4 Å².